The zero-order chi connectivity index (χ0) is 24.7. The monoisotopic (exact) mass is 501 g/mol. The van der Waals surface area contributed by atoms with Crippen LogP contribution in [0.15, 0.2) is 83.8 Å². The van der Waals surface area contributed by atoms with Crippen LogP contribution in [0.25, 0.3) is 21.9 Å². The molecule has 0 atom stereocenters. The van der Waals surface area contributed by atoms with Crippen molar-refractivity contribution in [1.29, 1.82) is 5.41 Å². The fourth-order valence-corrected chi connectivity index (χ4v) is 5.07. The van der Waals surface area contributed by atoms with Gasteiger partial charge in [0.2, 0.25) is 10.0 Å². The van der Waals surface area contributed by atoms with Crippen molar-refractivity contribution >= 4 is 38.1 Å². The quantitative estimate of drug-likeness (QED) is 0.370. The van der Waals surface area contributed by atoms with E-state index < -0.39 is 10.0 Å². The average Bonchev–Trinajstić information content (AvgIpc) is 2.84. The Balaban J connectivity index is 0.00000304. The summed E-state index contributed by atoms with van der Waals surface area (Å²) < 4.78 is 29.8. The lowest BCUT2D eigenvalue weighted by atomic mass is 10.0. The van der Waals surface area contributed by atoms with E-state index in [0.29, 0.717) is 34.8 Å². The summed E-state index contributed by atoms with van der Waals surface area (Å²) >= 11 is 0. The number of nitrogens with two attached hydrogens (primary N) is 1. The van der Waals surface area contributed by atoms with Crippen molar-refractivity contribution in [3.05, 3.63) is 90.0 Å². The lowest BCUT2D eigenvalue weighted by Crippen LogP contribution is -2.38. The van der Waals surface area contributed by atoms with E-state index in [4.69, 9.17) is 15.3 Å². The first-order valence-electron chi connectivity index (χ1n) is 11.0. The molecular weight excluding hydrogens is 474 g/mol. The van der Waals surface area contributed by atoms with Crippen molar-refractivity contribution in [2.24, 2.45) is 5.14 Å². The number of sulfonamides is 1. The highest BCUT2D eigenvalue weighted by Gasteiger charge is 2.27. The molecule has 184 valence electrons. The minimum Gasteiger partial charge on any atom is -0.482 e. The Morgan fingerprint density at radius 1 is 1.00 bits per heavy atom. The standard InChI is InChI=1S/C27H23N3O4S.CH4/c1-17(28)20-9-8-19-7-6-18(12-22(19)13-20)15-30-24-11-10-21(14-25(24)34-16-27(30)31)23-4-2-3-5-26(23)35(29,32)33;/h2-14,28H,15-16H2,1H3,(H2,29,32,33);1H4. The van der Waals surface area contributed by atoms with Crippen molar-refractivity contribution < 1.29 is 17.9 Å². The molecule has 0 bridgehead atoms. The van der Waals surface area contributed by atoms with Gasteiger partial charge in [0.05, 0.1) is 17.1 Å². The number of benzene rings is 4. The molecule has 1 aliphatic rings. The normalized spacial score (nSPS) is 13.1. The van der Waals surface area contributed by atoms with Gasteiger partial charge < -0.3 is 15.0 Å². The lowest BCUT2D eigenvalue weighted by Gasteiger charge is -2.30. The van der Waals surface area contributed by atoms with Crippen LogP contribution in [-0.2, 0) is 21.4 Å². The molecule has 0 fully saturated rings. The maximum Gasteiger partial charge on any atom is 0.265 e. The van der Waals surface area contributed by atoms with Gasteiger partial charge in [-0.05, 0) is 64.7 Å². The van der Waals surface area contributed by atoms with Crippen molar-refractivity contribution in [2.45, 2.75) is 25.8 Å². The summed E-state index contributed by atoms with van der Waals surface area (Å²) in [6, 6.07) is 23.7. The summed E-state index contributed by atoms with van der Waals surface area (Å²) in [5.74, 6) is 0.327. The van der Waals surface area contributed by atoms with Crippen LogP contribution in [0.3, 0.4) is 0 Å². The predicted molar refractivity (Wildman–Crippen MR) is 143 cm³/mol. The van der Waals surface area contributed by atoms with E-state index in [1.165, 1.54) is 6.07 Å². The molecule has 4 aromatic carbocycles. The van der Waals surface area contributed by atoms with Gasteiger partial charge in [0, 0.05) is 11.3 Å². The lowest BCUT2D eigenvalue weighted by molar-refractivity contribution is -0.121. The molecule has 1 heterocycles. The molecular formula is C28H27N3O4S. The number of hydrogen-bond donors (Lipinski definition) is 2. The molecule has 36 heavy (non-hydrogen) atoms. The summed E-state index contributed by atoms with van der Waals surface area (Å²) in [6.07, 6.45) is 0. The Labute approximate surface area is 210 Å². The third kappa shape index (κ3) is 4.73. The minimum absolute atomic E-state index is 0. The van der Waals surface area contributed by atoms with Crippen LogP contribution in [0.4, 0.5) is 5.69 Å². The van der Waals surface area contributed by atoms with E-state index in [-0.39, 0.29) is 24.8 Å². The first-order valence-corrected chi connectivity index (χ1v) is 12.5. The zero-order valence-corrected chi connectivity index (χ0v) is 19.8. The second kappa shape index (κ2) is 9.56. The van der Waals surface area contributed by atoms with Gasteiger partial charge in [0.1, 0.15) is 5.75 Å². The number of carbonyl (C=O) groups is 1. The predicted octanol–water partition coefficient (Wildman–Crippen LogP) is 5.10. The molecule has 0 radical (unpaired) electrons. The Morgan fingerprint density at radius 2 is 1.75 bits per heavy atom. The molecule has 5 rings (SSSR count). The summed E-state index contributed by atoms with van der Waals surface area (Å²) in [6.45, 7) is 1.99. The Bertz CT molecular complexity index is 1610. The third-order valence-electron chi connectivity index (χ3n) is 6.09. The Hall–Kier alpha value is -4.01. The highest BCUT2D eigenvalue weighted by Crippen LogP contribution is 2.38. The van der Waals surface area contributed by atoms with Crippen LogP contribution in [0, 0.1) is 5.41 Å². The smallest absolute Gasteiger partial charge is 0.265 e. The number of anilines is 1. The van der Waals surface area contributed by atoms with E-state index in [1.807, 2.05) is 36.4 Å². The van der Waals surface area contributed by atoms with Gasteiger partial charge in [-0.15, -0.1) is 0 Å². The number of carbonyl (C=O) groups excluding carboxylic acids is 1. The van der Waals surface area contributed by atoms with Gasteiger partial charge in [0.15, 0.2) is 6.61 Å². The fourth-order valence-electron chi connectivity index (χ4n) is 4.31. The molecule has 0 spiro atoms. The first-order chi connectivity index (χ1) is 16.7. The van der Waals surface area contributed by atoms with Crippen LogP contribution >= 0.6 is 0 Å². The van der Waals surface area contributed by atoms with Gasteiger partial charge in [-0.2, -0.15) is 0 Å². The second-order valence-electron chi connectivity index (χ2n) is 8.51. The van der Waals surface area contributed by atoms with Crippen molar-refractivity contribution in [1.82, 2.24) is 0 Å². The largest absolute Gasteiger partial charge is 0.482 e. The second-order valence-corrected chi connectivity index (χ2v) is 10.0. The summed E-state index contributed by atoms with van der Waals surface area (Å²) in [7, 11) is -3.91. The number of primary sulfonamides is 1. The number of rotatable bonds is 5. The number of amides is 1. The molecule has 4 aromatic rings. The van der Waals surface area contributed by atoms with Gasteiger partial charge in [-0.3, -0.25) is 4.79 Å². The van der Waals surface area contributed by atoms with E-state index >= 15 is 0 Å². The molecule has 8 heteroatoms. The number of fused-ring (bicyclic) bond motifs is 2. The minimum atomic E-state index is -3.91. The molecule has 7 nitrogen and oxygen atoms in total. The van der Waals surface area contributed by atoms with Gasteiger partial charge in [0.25, 0.3) is 5.91 Å². The van der Waals surface area contributed by atoms with Crippen LogP contribution in [0.5, 0.6) is 5.75 Å². The number of ether oxygens (including phenoxy) is 1. The van der Waals surface area contributed by atoms with Crippen LogP contribution in [0.1, 0.15) is 25.5 Å². The van der Waals surface area contributed by atoms with Crippen molar-refractivity contribution in [3.63, 3.8) is 0 Å². The zero-order valence-electron chi connectivity index (χ0n) is 19.0. The SMILES string of the molecule is C.CC(=N)c1ccc2ccc(CN3C(=O)COc4cc(-c5ccccc5S(N)(=O)=O)ccc43)cc2c1. The van der Waals surface area contributed by atoms with Gasteiger partial charge in [-0.1, -0.05) is 56.0 Å². The molecule has 0 saturated carbocycles. The summed E-state index contributed by atoms with van der Waals surface area (Å²) in [5.41, 5.74) is 4.01. The maximum atomic E-state index is 12.8. The third-order valence-corrected chi connectivity index (χ3v) is 7.05. The first kappa shape index (κ1) is 25.1. The molecule has 1 amide bonds. The molecule has 0 aliphatic carbocycles. The molecule has 0 saturated heterocycles. The maximum absolute atomic E-state index is 12.8. The van der Waals surface area contributed by atoms with Crippen LogP contribution in [0.2, 0.25) is 0 Å². The van der Waals surface area contributed by atoms with E-state index in [9.17, 15) is 13.2 Å². The number of hydrogen-bond acceptors (Lipinski definition) is 5. The Kier molecular flexibility index (Phi) is 6.67. The molecule has 0 unspecified atom stereocenters. The summed E-state index contributed by atoms with van der Waals surface area (Å²) in [5, 5.41) is 15.4. The van der Waals surface area contributed by atoms with Crippen molar-refractivity contribution in [3.8, 4) is 16.9 Å². The number of nitrogens with zero attached hydrogens (tertiary/aromatic N) is 1. The van der Waals surface area contributed by atoms with Crippen LogP contribution < -0.4 is 14.8 Å². The Morgan fingerprint density at radius 3 is 2.50 bits per heavy atom. The highest BCUT2D eigenvalue weighted by molar-refractivity contribution is 7.89. The van der Waals surface area contributed by atoms with Crippen molar-refractivity contribution in [2.75, 3.05) is 11.5 Å². The number of nitrogens with one attached hydrogen (secondary N) is 1. The van der Waals surface area contributed by atoms with E-state index in [1.54, 1.807) is 48.2 Å². The molecule has 3 N–H and O–H groups in total. The molecule has 0 aromatic heterocycles. The topological polar surface area (TPSA) is 114 Å². The van der Waals surface area contributed by atoms with E-state index in [2.05, 4.69) is 0 Å². The van der Waals surface area contributed by atoms with E-state index in [0.717, 1.165) is 21.9 Å². The fraction of sp³-hybridized carbons (Fsp3) is 0.143. The van der Waals surface area contributed by atoms with Gasteiger partial charge in [-0.25, -0.2) is 13.6 Å². The average molecular weight is 502 g/mol. The van der Waals surface area contributed by atoms with Crippen LogP contribution in [-0.4, -0.2) is 26.6 Å². The van der Waals surface area contributed by atoms with Gasteiger partial charge >= 0.3 is 0 Å². The highest BCUT2D eigenvalue weighted by atomic mass is 32.2. The molecule has 1 aliphatic heterocycles. The summed E-state index contributed by atoms with van der Waals surface area (Å²) in [4.78, 5) is 14.5.